The zero-order valence-electron chi connectivity index (χ0n) is 19.9. The number of hydrogen-bond acceptors (Lipinski definition) is 4. The van der Waals surface area contributed by atoms with Gasteiger partial charge in [0.2, 0.25) is 0 Å². The number of ether oxygens (including phenoxy) is 1. The summed E-state index contributed by atoms with van der Waals surface area (Å²) >= 11 is 5.61. The van der Waals surface area contributed by atoms with Gasteiger partial charge in [-0.25, -0.2) is 0 Å². The average Bonchev–Trinajstić information content (AvgIpc) is 2.91. The Bertz CT molecular complexity index is 1160. The highest BCUT2D eigenvalue weighted by Gasteiger charge is 2.06. The maximum atomic E-state index is 11.9. The fourth-order valence-electron chi connectivity index (χ4n) is 2.92. The third-order valence-corrected chi connectivity index (χ3v) is 5.15. The molecule has 0 unspecified atom stereocenters. The zero-order chi connectivity index (χ0) is 25.5. The van der Waals surface area contributed by atoms with Gasteiger partial charge in [-0.05, 0) is 42.3 Å². The first-order valence-electron chi connectivity index (χ1n) is 11.1. The van der Waals surface area contributed by atoms with Crippen LogP contribution in [-0.2, 0) is 13.0 Å². The third kappa shape index (κ3) is 10.4. The molecule has 0 aliphatic heterocycles. The van der Waals surface area contributed by atoms with Gasteiger partial charge in [-0.3, -0.25) is 9.59 Å². The first-order chi connectivity index (χ1) is 16.9. The molecule has 0 aliphatic carbocycles. The van der Waals surface area contributed by atoms with Gasteiger partial charge in [-0.15, -0.1) is 0 Å². The molecule has 0 aromatic heterocycles. The number of aliphatic hydroxyl groups is 1. The van der Waals surface area contributed by atoms with E-state index in [0.29, 0.717) is 6.42 Å². The van der Waals surface area contributed by atoms with Crippen molar-refractivity contribution in [1.82, 2.24) is 0 Å². The van der Waals surface area contributed by atoms with Crippen LogP contribution >= 0.6 is 11.6 Å². The summed E-state index contributed by atoms with van der Waals surface area (Å²) in [7, 11) is 1.63. The highest BCUT2D eigenvalue weighted by molar-refractivity contribution is 6.30. The molecule has 0 aliphatic rings. The number of aliphatic hydroxyl groups excluding tert-OH is 1. The quantitative estimate of drug-likeness (QED) is 0.302. The minimum absolute atomic E-state index is 0.0346. The summed E-state index contributed by atoms with van der Waals surface area (Å²) in [5.74, 6) is 1.07. The highest BCUT2D eigenvalue weighted by atomic mass is 35.5. The Labute approximate surface area is 211 Å². The van der Waals surface area contributed by atoms with Crippen LogP contribution in [0.4, 0.5) is 0 Å². The summed E-state index contributed by atoms with van der Waals surface area (Å²) in [5.41, 5.74) is 3.34. The predicted molar refractivity (Wildman–Crippen MR) is 141 cm³/mol. The number of ketones is 2. The molecule has 35 heavy (non-hydrogen) atoms. The molecule has 0 saturated carbocycles. The summed E-state index contributed by atoms with van der Waals surface area (Å²) in [6, 6.07) is 33.2. The van der Waals surface area contributed by atoms with Gasteiger partial charge < -0.3 is 9.84 Å². The lowest BCUT2D eigenvalue weighted by Gasteiger charge is -2.02. The monoisotopic (exact) mass is 488 g/mol. The van der Waals surface area contributed by atoms with E-state index < -0.39 is 0 Å². The van der Waals surface area contributed by atoms with Crippen LogP contribution in [0.25, 0.3) is 0 Å². The van der Waals surface area contributed by atoms with Crippen molar-refractivity contribution in [3.63, 3.8) is 0 Å². The van der Waals surface area contributed by atoms with Crippen molar-refractivity contribution in [3.05, 3.63) is 136 Å². The number of carbonyl (C=O) groups is 2. The fourth-order valence-corrected chi connectivity index (χ4v) is 3.04. The van der Waals surface area contributed by atoms with Gasteiger partial charge in [-0.1, -0.05) is 96.5 Å². The van der Waals surface area contributed by atoms with E-state index in [9.17, 15) is 9.59 Å². The van der Waals surface area contributed by atoms with Crippen molar-refractivity contribution >= 4 is 23.2 Å². The Morgan fingerprint density at radius 1 is 0.714 bits per heavy atom. The first kappa shape index (κ1) is 27.5. The van der Waals surface area contributed by atoms with Gasteiger partial charge in [0.25, 0.3) is 0 Å². The number of hydrogen-bond donors (Lipinski definition) is 1. The summed E-state index contributed by atoms with van der Waals surface area (Å²) in [4.78, 5) is 22.6. The molecule has 0 bridgehead atoms. The number of benzene rings is 4. The Morgan fingerprint density at radius 2 is 1.20 bits per heavy atom. The normalized spacial score (nSPS) is 9.60. The van der Waals surface area contributed by atoms with Crippen LogP contribution in [0.1, 0.15) is 38.8 Å². The van der Waals surface area contributed by atoms with E-state index in [4.69, 9.17) is 21.4 Å². The van der Waals surface area contributed by atoms with E-state index in [1.165, 1.54) is 0 Å². The summed E-state index contributed by atoms with van der Waals surface area (Å²) in [5, 5.41) is 9.65. The minimum Gasteiger partial charge on any atom is -0.497 e. The zero-order valence-corrected chi connectivity index (χ0v) is 20.6. The van der Waals surface area contributed by atoms with Crippen LogP contribution < -0.4 is 4.74 Å². The number of halogens is 1. The maximum Gasteiger partial charge on any atom is 0.167 e. The molecule has 0 saturated heterocycles. The Balaban J connectivity index is 0.000000203. The molecule has 0 heterocycles. The number of Topliss-reactive ketones (excluding diaryl/α,β-unsaturated/α-hetero) is 2. The molecular formula is C30H29ClO4. The second-order valence-corrected chi connectivity index (χ2v) is 7.96. The highest BCUT2D eigenvalue weighted by Crippen LogP contribution is 2.14. The van der Waals surface area contributed by atoms with Gasteiger partial charge in [-0.2, -0.15) is 0 Å². The lowest BCUT2D eigenvalue weighted by Crippen LogP contribution is -2.03. The molecule has 0 fully saturated rings. The van der Waals surface area contributed by atoms with Crippen molar-refractivity contribution in [1.29, 1.82) is 0 Å². The number of methoxy groups -OCH3 is 1. The van der Waals surface area contributed by atoms with E-state index in [2.05, 4.69) is 0 Å². The summed E-state index contributed by atoms with van der Waals surface area (Å²) < 4.78 is 4.91. The second kappa shape index (κ2) is 15.2. The molecule has 4 nitrogen and oxygen atoms in total. The van der Waals surface area contributed by atoms with Crippen LogP contribution in [0.2, 0.25) is 5.02 Å². The van der Waals surface area contributed by atoms with E-state index in [-0.39, 0.29) is 18.2 Å². The van der Waals surface area contributed by atoms with Crippen molar-refractivity contribution in [3.8, 4) is 5.75 Å². The predicted octanol–water partition coefficient (Wildman–Crippen LogP) is 6.84. The Morgan fingerprint density at radius 3 is 1.63 bits per heavy atom. The SMILES string of the molecule is CC(=O)c1ccccc1.COc1ccc(Cl)cc1.O=C(Cc1ccc(CO)cc1)c1ccccc1. The summed E-state index contributed by atoms with van der Waals surface area (Å²) in [6.45, 7) is 1.60. The standard InChI is InChI=1S/C15H14O2.C8H8O.C7H7ClO/c16-11-13-8-6-12(7-9-13)10-15(17)14-4-2-1-3-5-14;1-7(9)8-5-3-2-4-6-8;1-9-7-4-2-6(8)3-5-7/h1-9,16H,10-11H2;2-6H,1H3;2-5H,1H3. The van der Waals surface area contributed by atoms with Crippen LogP contribution in [0.15, 0.2) is 109 Å². The molecule has 0 spiro atoms. The molecule has 0 amide bonds. The molecule has 4 aromatic rings. The second-order valence-electron chi connectivity index (χ2n) is 7.52. The van der Waals surface area contributed by atoms with Crippen LogP contribution in [0.3, 0.4) is 0 Å². The third-order valence-electron chi connectivity index (χ3n) is 4.90. The minimum atomic E-state index is 0.0346. The van der Waals surface area contributed by atoms with Gasteiger partial charge in [0.1, 0.15) is 5.75 Å². The fraction of sp³-hybridized carbons (Fsp3) is 0.133. The lowest BCUT2D eigenvalue weighted by atomic mass is 10.0. The first-order valence-corrected chi connectivity index (χ1v) is 11.4. The van der Waals surface area contributed by atoms with Gasteiger partial charge in [0, 0.05) is 22.6 Å². The van der Waals surface area contributed by atoms with E-state index in [0.717, 1.165) is 33.0 Å². The van der Waals surface area contributed by atoms with Crippen LogP contribution in [0, 0.1) is 0 Å². The van der Waals surface area contributed by atoms with E-state index in [1.54, 1.807) is 26.2 Å². The van der Waals surface area contributed by atoms with Crippen LogP contribution in [0.5, 0.6) is 5.75 Å². The smallest absolute Gasteiger partial charge is 0.167 e. The van der Waals surface area contributed by atoms with Crippen molar-refractivity contribution in [2.24, 2.45) is 0 Å². The van der Waals surface area contributed by atoms with Crippen molar-refractivity contribution in [2.45, 2.75) is 20.0 Å². The lowest BCUT2D eigenvalue weighted by molar-refractivity contribution is 0.0990. The summed E-state index contributed by atoms with van der Waals surface area (Å²) in [6.07, 6.45) is 0.399. The molecule has 0 atom stereocenters. The topological polar surface area (TPSA) is 63.6 Å². The van der Waals surface area contributed by atoms with Crippen LogP contribution in [-0.4, -0.2) is 23.8 Å². The molecule has 5 heteroatoms. The van der Waals surface area contributed by atoms with Gasteiger partial charge in [0.15, 0.2) is 11.6 Å². The van der Waals surface area contributed by atoms with Crippen molar-refractivity contribution in [2.75, 3.05) is 7.11 Å². The van der Waals surface area contributed by atoms with E-state index >= 15 is 0 Å². The van der Waals surface area contributed by atoms with Crippen molar-refractivity contribution < 1.29 is 19.4 Å². The Kier molecular flexibility index (Phi) is 12.0. The average molecular weight is 489 g/mol. The maximum absolute atomic E-state index is 11.9. The molecule has 0 radical (unpaired) electrons. The Hall–Kier alpha value is -3.73. The number of rotatable bonds is 6. The van der Waals surface area contributed by atoms with Gasteiger partial charge in [0.05, 0.1) is 13.7 Å². The van der Waals surface area contributed by atoms with E-state index in [1.807, 2.05) is 97.1 Å². The molecule has 4 rings (SSSR count). The molecule has 4 aromatic carbocycles. The largest absolute Gasteiger partial charge is 0.497 e. The molecular weight excluding hydrogens is 460 g/mol. The molecule has 1 N–H and O–H groups in total. The molecule has 180 valence electrons. The van der Waals surface area contributed by atoms with Gasteiger partial charge >= 0.3 is 0 Å². The number of carbonyl (C=O) groups excluding carboxylic acids is 2.